The predicted octanol–water partition coefficient (Wildman–Crippen LogP) is 3.80. The SMILES string of the molecule is N#Cc1ccc2c(cnn2CC2CC3(C(=O)N4C[C@H](O)C[C@H]4c4cccc(F)c4)CC2C3)c1. The number of β-amino-alcohol motifs (C(OH)–C–C–N with tert-alkyl or cyclic N) is 1. The molecule has 1 aliphatic heterocycles. The first-order valence-corrected chi connectivity index (χ1v) is 11.6. The van der Waals surface area contributed by atoms with Gasteiger partial charge in [0.25, 0.3) is 0 Å². The van der Waals surface area contributed by atoms with Crippen molar-refractivity contribution in [3.63, 3.8) is 0 Å². The van der Waals surface area contributed by atoms with Crippen LogP contribution in [0.15, 0.2) is 48.7 Å². The second-order valence-electron chi connectivity index (χ2n) is 10.0. The van der Waals surface area contributed by atoms with Crippen LogP contribution in [0.2, 0.25) is 0 Å². The van der Waals surface area contributed by atoms with Gasteiger partial charge in [0.15, 0.2) is 0 Å². The van der Waals surface area contributed by atoms with Crippen LogP contribution in [0.1, 0.15) is 42.9 Å². The lowest BCUT2D eigenvalue weighted by atomic mass is 9.68. The van der Waals surface area contributed by atoms with Gasteiger partial charge in [0.1, 0.15) is 5.82 Å². The van der Waals surface area contributed by atoms with Crippen LogP contribution in [0.5, 0.6) is 0 Å². The van der Waals surface area contributed by atoms with E-state index in [0.717, 1.165) is 42.3 Å². The highest BCUT2D eigenvalue weighted by molar-refractivity contribution is 5.85. The number of hydrogen-bond acceptors (Lipinski definition) is 4. The Kier molecular flexibility index (Phi) is 4.56. The summed E-state index contributed by atoms with van der Waals surface area (Å²) in [7, 11) is 0. The number of fused-ring (bicyclic) bond motifs is 2. The first kappa shape index (κ1) is 20.4. The van der Waals surface area contributed by atoms with E-state index in [1.165, 1.54) is 12.1 Å². The number of nitriles is 1. The van der Waals surface area contributed by atoms with E-state index in [2.05, 4.69) is 11.2 Å². The van der Waals surface area contributed by atoms with Crippen molar-refractivity contribution in [1.82, 2.24) is 14.7 Å². The van der Waals surface area contributed by atoms with Crippen molar-refractivity contribution in [2.75, 3.05) is 6.54 Å². The predicted molar refractivity (Wildman–Crippen MR) is 119 cm³/mol. The quantitative estimate of drug-likeness (QED) is 0.664. The van der Waals surface area contributed by atoms with Crippen molar-refractivity contribution in [1.29, 1.82) is 5.26 Å². The summed E-state index contributed by atoms with van der Waals surface area (Å²) in [6.07, 6.45) is 4.22. The van der Waals surface area contributed by atoms with E-state index in [4.69, 9.17) is 5.26 Å². The lowest BCUT2D eigenvalue weighted by Gasteiger charge is -2.41. The maximum absolute atomic E-state index is 13.8. The molecule has 4 aliphatic rings. The molecule has 3 aliphatic carbocycles. The topological polar surface area (TPSA) is 82.2 Å². The van der Waals surface area contributed by atoms with Crippen molar-refractivity contribution >= 4 is 16.8 Å². The summed E-state index contributed by atoms with van der Waals surface area (Å²) in [5.74, 6) is 0.646. The summed E-state index contributed by atoms with van der Waals surface area (Å²) >= 11 is 0. The normalized spacial score (nSPS) is 30.4. The summed E-state index contributed by atoms with van der Waals surface area (Å²) < 4.78 is 15.8. The molecule has 4 fully saturated rings. The molecule has 1 N–H and O–H groups in total. The van der Waals surface area contributed by atoms with Gasteiger partial charge in [0, 0.05) is 18.5 Å². The Labute approximate surface area is 191 Å². The fourth-order valence-corrected chi connectivity index (χ4v) is 6.49. The number of halogens is 1. The van der Waals surface area contributed by atoms with Crippen molar-refractivity contribution < 1.29 is 14.3 Å². The Balaban J connectivity index is 1.20. The van der Waals surface area contributed by atoms with Gasteiger partial charge in [-0.1, -0.05) is 12.1 Å². The first-order chi connectivity index (χ1) is 16.0. The van der Waals surface area contributed by atoms with Crippen molar-refractivity contribution in [2.45, 2.75) is 44.4 Å². The van der Waals surface area contributed by atoms with Crippen LogP contribution in [0, 0.1) is 34.4 Å². The van der Waals surface area contributed by atoms with E-state index in [0.29, 0.717) is 30.4 Å². The van der Waals surface area contributed by atoms with E-state index >= 15 is 0 Å². The minimum atomic E-state index is -0.583. The molecule has 1 amide bonds. The van der Waals surface area contributed by atoms with E-state index in [1.54, 1.807) is 17.2 Å². The highest BCUT2D eigenvalue weighted by atomic mass is 19.1. The lowest BCUT2D eigenvalue weighted by molar-refractivity contribution is -0.147. The molecule has 3 saturated carbocycles. The van der Waals surface area contributed by atoms with Gasteiger partial charge in [-0.05, 0) is 73.4 Å². The van der Waals surface area contributed by atoms with Crippen LogP contribution in [-0.4, -0.2) is 38.3 Å². The molecule has 2 aromatic carbocycles. The fourth-order valence-electron chi connectivity index (χ4n) is 6.49. The molecule has 7 heteroatoms. The number of carbonyl (C=O) groups is 1. The molecule has 168 valence electrons. The number of rotatable bonds is 4. The second-order valence-corrected chi connectivity index (χ2v) is 10.0. The lowest BCUT2D eigenvalue weighted by Crippen LogP contribution is -2.46. The summed E-state index contributed by atoms with van der Waals surface area (Å²) in [5, 5.41) is 24.9. The van der Waals surface area contributed by atoms with Crippen LogP contribution >= 0.6 is 0 Å². The number of carbonyl (C=O) groups excluding carboxylic acids is 1. The largest absolute Gasteiger partial charge is 0.391 e. The van der Waals surface area contributed by atoms with Crippen LogP contribution in [0.25, 0.3) is 10.9 Å². The van der Waals surface area contributed by atoms with Gasteiger partial charge in [-0.2, -0.15) is 10.4 Å². The Morgan fingerprint density at radius 1 is 1.24 bits per heavy atom. The Bertz CT molecular complexity index is 1290. The van der Waals surface area contributed by atoms with E-state index < -0.39 is 6.10 Å². The molecule has 33 heavy (non-hydrogen) atoms. The summed E-state index contributed by atoms with van der Waals surface area (Å²) in [4.78, 5) is 15.5. The maximum atomic E-state index is 13.8. The molecule has 0 radical (unpaired) electrons. The number of benzene rings is 2. The number of amides is 1. The Hall–Kier alpha value is -3.24. The minimum Gasteiger partial charge on any atom is -0.391 e. The van der Waals surface area contributed by atoms with Gasteiger partial charge < -0.3 is 10.0 Å². The third-order valence-corrected chi connectivity index (χ3v) is 8.03. The molecule has 6 nitrogen and oxygen atoms in total. The van der Waals surface area contributed by atoms with E-state index in [1.807, 2.05) is 28.9 Å². The molecule has 2 bridgehead atoms. The summed E-state index contributed by atoms with van der Waals surface area (Å²) in [6.45, 7) is 1.06. The zero-order valence-corrected chi connectivity index (χ0v) is 18.2. The fraction of sp³-hybridized carbons (Fsp3) is 0.423. The number of aliphatic hydroxyl groups is 1. The van der Waals surface area contributed by atoms with Crippen LogP contribution < -0.4 is 0 Å². The molecule has 7 rings (SSSR count). The maximum Gasteiger partial charge on any atom is 0.229 e. The first-order valence-electron chi connectivity index (χ1n) is 11.6. The van der Waals surface area contributed by atoms with Crippen molar-refractivity contribution in [2.24, 2.45) is 17.3 Å². The molecular formula is C26H25FN4O2. The molecule has 2 heterocycles. The van der Waals surface area contributed by atoms with Gasteiger partial charge in [-0.15, -0.1) is 0 Å². The molecule has 0 spiro atoms. The molecule has 1 unspecified atom stereocenters. The molecule has 3 aromatic rings. The highest BCUT2D eigenvalue weighted by Crippen LogP contribution is 2.63. The summed E-state index contributed by atoms with van der Waals surface area (Å²) in [6, 6.07) is 13.9. The summed E-state index contributed by atoms with van der Waals surface area (Å²) in [5.41, 5.74) is 2.01. The number of nitrogens with zero attached hydrogens (tertiary/aromatic N) is 4. The highest BCUT2D eigenvalue weighted by Gasteiger charge is 2.62. The molecule has 3 atom stereocenters. The van der Waals surface area contributed by atoms with Crippen molar-refractivity contribution in [3.05, 3.63) is 65.6 Å². The Morgan fingerprint density at radius 3 is 2.88 bits per heavy atom. The Morgan fingerprint density at radius 2 is 2.09 bits per heavy atom. The third-order valence-electron chi connectivity index (χ3n) is 8.03. The number of aromatic nitrogens is 2. The minimum absolute atomic E-state index is 0.107. The average molecular weight is 445 g/mol. The average Bonchev–Trinajstić information content (AvgIpc) is 3.54. The smallest absolute Gasteiger partial charge is 0.229 e. The molecule has 1 saturated heterocycles. The molecule has 1 aromatic heterocycles. The van der Waals surface area contributed by atoms with Crippen LogP contribution in [0.3, 0.4) is 0 Å². The standard InChI is InChI=1S/C26H25FN4O2/c27-21-3-1-2-17(7-21)24-8-22(32)15-30(24)25(33)26-9-19(10-26)20(11-26)14-31-23-5-4-16(12-28)6-18(23)13-29-31/h1-7,13,19-20,22,24,32H,8-11,14-15H2/t19?,20?,22-,24+,26?/m1/s1. The second kappa shape index (κ2) is 7.39. The van der Waals surface area contributed by atoms with Gasteiger partial charge in [0.05, 0.1) is 40.9 Å². The van der Waals surface area contributed by atoms with Crippen molar-refractivity contribution in [3.8, 4) is 6.07 Å². The van der Waals surface area contributed by atoms with Gasteiger partial charge in [-0.3, -0.25) is 9.48 Å². The number of hydrogen-bond donors (Lipinski definition) is 1. The molecular weight excluding hydrogens is 419 g/mol. The third kappa shape index (κ3) is 3.24. The number of likely N-dealkylation sites (tertiary alicyclic amines) is 1. The van der Waals surface area contributed by atoms with Gasteiger partial charge in [-0.25, -0.2) is 4.39 Å². The van der Waals surface area contributed by atoms with Gasteiger partial charge >= 0.3 is 0 Å². The zero-order chi connectivity index (χ0) is 22.7. The van der Waals surface area contributed by atoms with Crippen LogP contribution in [0.4, 0.5) is 4.39 Å². The number of aliphatic hydroxyl groups excluding tert-OH is 1. The monoisotopic (exact) mass is 444 g/mol. The van der Waals surface area contributed by atoms with E-state index in [9.17, 15) is 14.3 Å². The van der Waals surface area contributed by atoms with Crippen LogP contribution in [-0.2, 0) is 11.3 Å². The zero-order valence-electron chi connectivity index (χ0n) is 18.2. The van der Waals surface area contributed by atoms with Gasteiger partial charge in [0.2, 0.25) is 5.91 Å². The van der Waals surface area contributed by atoms with E-state index in [-0.39, 0.29) is 23.2 Å².